The van der Waals surface area contributed by atoms with Crippen LogP contribution in [0, 0.1) is 5.92 Å². The van der Waals surface area contributed by atoms with E-state index in [0.717, 1.165) is 13.1 Å². The van der Waals surface area contributed by atoms with Crippen LogP contribution in [0.15, 0.2) is 0 Å². The van der Waals surface area contributed by atoms with Crippen molar-refractivity contribution in [2.75, 3.05) is 26.7 Å². The summed E-state index contributed by atoms with van der Waals surface area (Å²) in [5.74, 6) is 0.574. The number of hydrogen-bond acceptors (Lipinski definition) is 3. The van der Waals surface area contributed by atoms with Gasteiger partial charge in [0.15, 0.2) is 0 Å². The van der Waals surface area contributed by atoms with Crippen LogP contribution in [-0.4, -0.2) is 59.6 Å². The van der Waals surface area contributed by atoms with Crippen LogP contribution in [0.3, 0.4) is 0 Å². The van der Waals surface area contributed by atoms with Gasteiger partial charge in [0, 0.05) is 26.2 Å². The summed E-state index contributed by atoms with van der Waals surface area (Å²) in [6.45, 7) is 3.86. The number of hydrogen-bond donors (Lipinski definition) is 1. The van der Waals surface area contributed by atoms with Crippen molar-refractivity contribution >= 4 is 5.91 Å². The summed E-state index contributed by atoms with van der Waals surface area (Å²) in [7, 11) is 1.83. The predicted octanol–water partition coefficient (Wildman–Crippen LogP) is -0.0802. The Bertz CT molecular complexity index is 253. The summed E-state index contributed by atoms with van der Waals surface area (Å²) in [5, 5.41) is 9.35. The minimum absolute atomic E-state index is 0.0492. The Hall–Kier alpha value is -0.610. The molecule has 1 N–H and O–H groups in total. The van der Waals surface area contributed by atoms with E-state index in [1.807, 2.05) is 7.05 Å². The summed E-state index contributed by atoms with van der Waals surface area (Å²) >= 11 is 0. The number of rotatable bonds is 2. The first-order chi connectivity index (χ1) is 7.13. The SMILES string of the molecule is CC1CN(C)C(=O)C(CO)N(C2CC2)C1. The van der Waals surface area contributed by atoms with E-state index in [1.165, 1.54) is 12.8 Å². The van der Waals surface area contributed by atoms with E-state index >= 15 is 0 Å². The molecule has 0 aromatic heterocycles. The van der Waals surface area contributed by atoms with Gasteiger partial charge in [-0.15, -0.1) is 0 Å². The molecule has 1 aliphatic carbocycles. The van der Waals surface area contributed by atoms with Gasteiger partial charge in [0.2, 0.25) is 5.91 Å². The average molecular weight is 212 g/mol. The van der Waals surface area contributed by atoms with Gasteiger partial charge in [-0.1, -0.05) is 6.92 Å². The molecule has 0 aromatic rings. The molecule has 1 aliphatic heterocycles. The van der Waals surface area contributed by atoms with Crippen LogP contribution in [-0.2, 0) is 4.79 Å². The van der Waals surface area contributed by atoms with Crippen molar-refractivity contribution < 1.29 is 9.90 Å². The first-order valence-corrected chi connectivity index (χ1v) is 5.75. The van der Waals surface area contributed by atoms with Crippen LogP contribution in [0.1, 0.15) is 19.8 Å². The van der Waals surface area contributed by atoms with Gasteiger partial charge in [0.05, 0.1) is 6.61 Å². The fourth-order valence-electron chi connectivity index (χ4n) is 2.49. The molecule has 2 fully saturated rings. The fraction of sp³-hybridized carbons (Fsp3) is 0.909. The van der Waals surface area contributed by atoms with Crippen LogP contribution < -0.4 is 0 Å². The summed E-state index contributed by atoms with van der Waals surface area (Å²) < 4.78 is 0. The summed E-state index contributed by atoms with van der Waals surface area (Å²) in [6, 6.07) is 0.243. The molecule has 4 heteroatoms. The van der Waals surface area contributed by atoms with Gasteiger partial charge in [-0.25, -0.2) is 0 Å². The Kier molecular flexibility index (Phi) is 2.98. The summed E-state index contributed by atoms with van der Waals surface area (Å²) in [6.07, 6.45) is 2.36. The minimum atomic E-state index is -0.299. The average Bonchev–Trinajstić information content (AvgIpc) is 2.98. The van der Waals surface area contributed by atoms with Crippen molar-refractivity contribution in [2.45, 2.75) is 31.8 Å². The number of aliphatic hydroxyl groups is 1. The van der Waals surface area contributed by atoms with Gasteiger partial charge in [-0.3, -0.25) is 9.69 Å². The molecule has 1 saturated heterocycles. The first-order valence-electron chi connectivity index (χ1n) is 5.75. The van der Waals surface area contributed by atoms with Crippen molar-refractivity contribution in [3.05, 3.63) is 0 Å². The Morgan fingerprint density at radius 2 is 2.07 bits per heavy atom. The molecule has 0 radical (unpaired) electrons. The van der Waals surface area contributed by atoms with E-state index in [-0.39, 0.29) is 18.6 Å². The lowest BCUT2D eigenvalue weighted by atomic mass is 10.1. The lowest BCUT2D eigenvalue weighted by molar-refractivity contribution is -0.135. The Morgan fingerprint density at radius 1 is 1.40 bits per heavy atom. The monoisotopic (exact) mass is 212 g/mol. The normalized spacial score (nSPS) is 34.3. The highest BCUT2D eigenvalue weighted by molar-refractivity contribution is 5.82. The molecule has 0 spiro atoms. The standard InChI is InChI=1S/C11H20N2O2/c1-8-5-12(2)11(15)10(7-14)13(6-8)9-3-4-9/h8-10,14H,3-7H2,1-2H3. The van der Waals surface area contributed by atoms with Crippen LogP contribution in [0.25, 0.3) is 0 Å². The maximum absolute atomic E-state index is 12.0. The lowest BCUT2D eigenvalue weighted by Crippen LogP contribution is -2.48. The molecule has 0 bridgehead atoms. The highest BCUT2D eigenvalue weighted by atomic mass is 16.3. The van der Waals surface area contributed by atoms with Gasteiger partial charge >= 0.3 is 0 Å². The van der Waals surface area contributed by atoms with Crippen molar-refractivity contribution in [2.24, 2.45) is 5.92 Å². The second kappa shape index (κ2) is 4.10. The highest BCUT2D eigenvalue weighted by Crippen LogP contribution is 2.31. The minimum Gasteiger partial charge on any atom is -0.394 e. The Morgan fingerprint density at radius 3 is 2.60 bits per heavy atom. The third kappa shape index (κ3) is 2.16. The Balaban J connectivity index is 2.16. The number of amides is 1. The molecule has 86 valence electrons. The van der Waals surface area contributed by atoms with Crippen LogP contribution in [0.4, 0.5) is 0 Å². The van der Waals surface area contributed by atoms with Crippen molar-refractivity contribution in [3.63, 3.8) is 0 Å². The zero-order valence-electron chi connectivity index (χ0n) is 9.52. The maximum atomic E-state index is 12.0. The van der Waals surface area contributed by atoms with Gasteiger partial charge in [-0.2, -0.15) is 0 Å². The summed E-state index contributed by atoms with van der Waals surface area (Å²) in [5.41, 5.74) is 0. The molecule has 4 nitrogen and oxygen atoms in total. The molecular formula is C11H20N2O2. The molecular weight excluding hydrogens is 192 g/mol. The first kappa shape index (κ1) is 10.9. The second-order valence-corrected chi connectivity index (χ2v) is 4.95. The third-order valence-electron chi connectivity index (χ3n) is 3.36. The zero-order chi connectivity index (χ0) is 11.0. The molecule has 1 heterocycles. The molecule has 2 rings (SSSR count). The Labute approximate surface area is 90.9 Å². The predicted molar refractivity (Wildman–Crippen MR) is 57.4 cm³/mol. The van der Waals surface area contributed by atoms with Crippen molar-refractivity contribution in [1.29, 1.82) is 0 Å². The topological polar surface area (TPSA) is 43.8 Å². The van der Waals surface area contributed by atoms with Gasteiger partial charge in [-0.05, 0) is 18.8 Å². The lowest BCUT2D eigenvalue weighted by Gasteiger charge is -2.28. The smallest absolute Gasteiger partial charge is 0.242 e. The van der Waals surface area contributed by atoms with E-state index in [1.54, 1.807) is 4.90 Å². The number of aliphatic hydroxyl groups excluding tert-OH is 1. The van der Waals surface area contributed by atoms with E-state index in [2.05, 4.69) is 11.8 Å². The zero-order valence-corrected chi connectivity index (χ0v) is 9.52. The van der Waals surface area contributed by atoms with E-state index < -0.39 is 0 Å². The number of carbonyl (C=O) groups is 1. The number of nitrogens with zero attached hydrogens (tertiary/aromatic N) is 2. The van der Waals surface area contributed by atoms with E-state index in [0.29, 0.717) is 12.0 Å². The molecule has 2 unspecified atom stereocenters. The largest absolute Gasteiger partial charge is 0.394 e. The maximum Gasteiger partial charge on any atom is 0.242 e. The molecule has 0 aromatic carbocycles. The molecule has 1 saturated carbocycles. The number of carbonyl (C=O) groups excluding carboxylic acids is 1. The van der Waals surface area contributed by atoms with Crippen LogP contribution in [0.5, 0.6) is 0 Å². The fourth-order valence-corrected chi connectivity index (χ4v) is 2.49. The van der Waals surface area contributed by atoms with Crippen LogP contribution in [0.2, 0.25) is 0 Å². The van der Waals surface area contributed by atoms with E-state index in [9.17, 15) is 9.90 Å². The summed E-state index contributed by atoms with van der Waals surface area (Å²) in [4.78, 5) is 16.0. The van der Waals surface area contributed by atoms with E-state index in [4.69, 9.17) is 0 Å². The quantitative estimate of drug-likeness (QED) is 0.696. The third-order valence-corrected chi connectivity index (χ3v) is 3.36. The second-order valence-electron chi connectivity index (χ2n) is 4.95. The highest BCUT2D eigenvalue weighted by Gasteiger charge is 2.40. The number of likely N-dealkylation sites (N-methyl/N-ethyl adjacent to an activating group) is 1. The van der Waals surface area contributed by atoms with Crippen LogP contribution >= 0.6 is 0 Å². The molecule has 15 heavy (non-hydrogen) atoms. The van der Waals surface area contributed by atoms with Gasteiger partial charge in [0.1, 0.15) is 6.04 Å². The molecule has 2 aliphatic rings. The van der Waals surface area contributed by atoms with Crippen molar-refractivity contribution in [3.8, 4) is 0 Å². The van der Waals surface area contributed by atoms with Gasteiger partial charge < -0.3 is 10.0 Å². The van der Waals surface area contributed by atoms with Crippen molar-refractivity contribution in [1.82, 2.24) is 9.80 Å². The molecule has 1 amide bonds. The molecule has 2 atom stereocenters. The van der Waals surface area contributed by atoms with Gasteiger partial charge in [0.25, 0.3) is 0 Å².